The number of anilines is 1. The van der Waals surface area contributed by atoms with Crippen LogP contribution in [-0.2, 0) is 27.1 Å². The maximum atomic E-state index is 12.7. The molecule has 0 radical (unpaired) electrons. The summed E-state index contributed by atoms with van der Waals surface area (Å²) >= 11 is 0. The predicted molar refractivity (Wildman–Crippen MR) is 104 cm³/mol. The van der Waals surface area contributed by atoms with Gasteiger partial charge in [0, 0.05) is 22.8 Å². The van der Waals surface area contributed by atoms with Crippen LogP contribution in [0.1, 0.15) is 55.3 Å². The van der Waals surface area contributed by atoms with E-state index in [1.807, 2.05) is 31.2 Å². The number of nitrogens with one attached hydrogen (secondary N) is 1. The van der Waals surface area contributed by atoms with Gasteiger partial charge in [0.1, 0.15) is 5.82 Å². The van der Waals surface area contributed by atoms with Gasteiger partial charge in [0.15, 0.2) is 0 Å². The fourth-order valence-corrected chi connectivity index (χ4v) is 5.23. The summed E-state index contributed by atoms with van der Waals surface area (Å²) in [4.78, 5) is 12.7. The van der Waals surface area contributed by atoms with E-state index in [0.717, 1.165) is 29.8 Å². The van der Waals surface area contributed by atoms with Gasteiger partial charge in [0.2, 0.25) is 5.91 Å². The van der Waals surface area contributed by atoms with E-state index in [1.54, 1.807) is 4.68 Å². The number of aromatic nitrogens is 2. The van der Waals surface area contributed by atoms with Gasteiger partial charge in [-0.25, -0.2) is 4.68 Å². The summed E-state index contributed by atoms with van der Waals surface area (Å²) in [5, 5.41) is 7.75. The number of hydrogen-bond acceptors (Lipinski definition) is 3. The summed E-state index contributed by atoms with van der Waals surface area (Å²) < 4.78 is 13.8. The first-order chi connectivity index (χ1) is 12.6. The lowest BCUT2D eigenvalue weighted by Gasteiger charge is -2.21. The van der Waals surface area contributed by atoms with Crippen molar-refractivity contribution in [3.63, 3.8) is 0 Å². The summed E-state index contributed by atoms with van der Waals surface area (Å²) in [6.07, 6.45) is 6.61. The lowest BCUT2D eigenvalue weighted by molar-refractivity contribution is -0.117. The summed E-state index contributed by atoms with van der Waals surface area (Å²) in [5.41, 5.74) is 3.87. The van der Waals surface area contributed by atoms with E-state index in [9.17, 15) is 9.00 Å². The second kappa shape index (κ2) is 7.35. The molecule has 2 heterocycles. The highest BCUT2D eigenvalue weighted by molar-refractivity contribution is 7.83. The number of amides is 1. The standard InChI is InChI=1S/C20H25N3O2S/c1-14-7-9-16(10-8-14)23-20(17-12-26(25)13-18(17)22-23)21-19(24)11-15-5-3-2-4-6-15/h7-10,15H,2-6,11-13H2,1H3,(H,21,24)/t26-/m0/s1. The van der Waals surface area contributed by atoms with Gasteiger partial charge in [0.25, 0.3) is 0 Å². The second-order valence-electron chi connectivity index (χ2n) is 7.51. The van der Waals surface area contributed by atoms with Crippen molar-refractivity contribution in [2.24, 2.45) is 5.92 Å². The van der Waals surface area contributed by atoms with E-state index in [0.29, 0.717) is 29.7 Å². The topological polar surface area (TPSA) is 64.0 Å². The first kappa shape index (κ1) is 17.5. The molecule has 5 nitrogen and oxygen atoms in total. The molecule has 1 aliphatic carbocycles. The Balaban J connectivity index is 1.60. The van der Waals surface area contributed by atoms with Crippen molar-refractivity contribution in [3.8, 4) is 5.69 Å². The molecule has 138 valence electrons. The summed E-state index contributed by atoms with van der Waals surface area (Å²) in [7, 11) is -0.915. The number of carbonyl (C=O) groups is 1. The van der Waals surface area contributed by atoms with Gasteiger partial charge in [-0.15, -0.1) is 0 Å². The van der Waals surface area contributed by atoms with E-state index < -0.39 is 10.8 Å². The molecule has 0 unspecified atom stereocenters. The number of nitrogens with zero attached hydrogens (tertiary/aromatic N) is 2. The first-order valence-electron chi connectivity index (χ1n) is 9.43. The third-order valence-electron chi connectivity index (χ3n) is 5.40. The minimum atomic E-state index is -0.915. The molecule has 1 atom stereocenters. The van der Waals surface area contributed by atoms with Crippen LogP contribution in [0.4, 0.5) is 5.82 Å². The van der Waals surface area contributed by atoms with Crippen LogP contribution in [0.3, 0.4) is 0 Å². The molecule has 0 spiro atoms. The lowest BCUT2D eigenvalue weighted by Crippen LogP contribution is -2.20. The smallest absolute Gasteiger partial charge is 0.225 e. The van der Waals surface area contributed by atoms with Crippen LogP contribution in [0.15, 0.2) is 24.3 Å². The van der Waals surface area contributed by atoms with E-state index in [2.05, 4.69) is 10.4 Å². The molecule has 1 aliphatic heterocycles. The fourth-order valence-electron chi connectivity index (χ4n) is 3.97. The molecule has 1 amide bonds. The maximum absolute atomic E-state index is 12.7. The van der Waals surface area contributed by atoms with Crippen LogP contribution >= 0.6 is 0 Å². The summed E-state index contributed by atoms with van der Waals surface area (Å²) in [6.45, 7) is 2.04. The molecule has 1 aromatic heterocycles. The molecular formula is C20H25N3O2S. The fraction of sp³-hybridized carbons (Fsp3) is 0.500. The number of aryl methyl sites for hydroxylation is 1. The van der Waals surface area contributed by atoms with Crippen molar-refractivity contribution < 1.29 is 9.00 Å². The van der Waals surface area contributed by atoms with E-state index in [1.165, 1.54) is 24.8 Å². The highest BCUT2D eigenvalue weighted by Gasteiger charge is 2.28. The number of rotatable bonds is 4. The Labute approximate surface area is 156 Å². The quantitative estimate of drug-likeness (QED) is 0.888. The molecule has 2 aliphatic rings. The average Bonchev–Trinajstić information content (AvgIpc) is 3.14. The van der Waals surface area contributed by atoms with Crippen LogP contribution in [0.2, 0.25) is 0 Å². The average molecular weight is 372 g/mol. The Morgan fingerprint density at radius 2 is 1.92 bits per heavy atom. The normalized spacial score (nSPS) is 20.1. The minimum absolute atomic E-state index is 0.0469. The molecule has 0 bridgehead atoms. The molecule has 2 aromatic rings. The Morgan fingerprint density at radius 3 is 2.65 bits per heavy atom. The Morgan fingerprint density at radius 1 is 1.19 bits per heavy atom. The van der Waals surface area contributed by atoms with E-state index >= 15 is 0 Å². The number of fused-ring (bicyclic) bond motifs is 1. The Bertz CT molecular complexity index is 835. The number of hydrogen-bond donors (Lipinski definition) is 1. The van der Waals surface area contributed by atoms with Crippen LogP contribution in [0.5, 0.6) is 0 Å². The third-order valence-corrected chi connectivity index (χ3v) is 6.61. The van der Waals surface area contributed by atoms with E-state index in [-0.39, 0.29) is 5.91 Å². The second-order valence-corrected chi connectivity index (χ2v) is 8.96. The first-order valence-corrected chi connectivity index (χ1v) is 10.9. The van der Waals surface area contributed by atoms with Crippen molar-refractivity contribution in [2.75, 3.05) is 5.32 Å². The molecule has 1 aromatic carbocycles. The van der Waals surface area contributed by atoms with E-state index in [4.69, 9.17) is 0 Å². The van der Waals surface area contributed by atoms with Gasteiger partial charge < -0.3 is 5.32 Å². The zero-order valence-corrected chi connectivity index (χ0v) is 16.0. The molecule has 1 N–H and O–H groups in total. The zero-order valence-electron chi connectivity index (χ0n) is 15.2. The summed E-state index contributed by atoms with van der Waals surface area (Å²) in [5.74, 6) is 2.18. The van der Waals surface area contributed by atoms with Crippen molar-refractivity contribution in [3.05, 3.63) is 41.1 Å². The molecule has 1 saturated carbocycles. The van der Waals surface area contributed by atoms with Gasteiger partial charge >= 0.3 is 0 Å². The summed E-state index contributed by atoms with van der Waals surface area (Å²) in [6, 6.07) is 8.08. The SMILES string of the molecule is Cc1ccc(-n2nc3c(c2NC(=O)CC2CCCCC2)C[S@](=O)C3)cc1. The van der Waals surface area contributed by atoms with Gasteiger partial charge in [0.05, 0.1) is 22.9 Å². The number of carbonyl (C=O) groups excluding carboxylic acids is 1. The predicted octanol–water partition coefficient (Wildman–Crippen LogP) is 3.85. The molecule has 0 saturated heterocycles. The van der Waals surface area contributed by atoms with Crippen molar-refractivity contribution in [1.82, 2.24) is 9.78 Å². The van der Waals surface area contributed by atoms with Crippen molar-refractivity contribution in [1.29, 1.82) is 0 Å². The van der Waals surface area contributed by atoms with Gasteiger partial charge in [-0.05, 0) is 37.8 Å². The molecule has 1 fully saturated rings. The Kier molecular flexibility index (Phi) is 4.94. The van der Waals surface area contributed by atoms with Crippen LogP contribution in [0.25, 0.3) is 5.69 Å². The monoisotopic (exact) mass is 371 g/mol. The number of benzene rings is 1. The largest absolute Gasteiger partial charge is 0.310 e. The van der Waals surface area contributed by atoms with Crippen molar-refractivity contribution >= 4 is 22.5 Å². The highest BCUT2D eigenvalue weighted by atomic mass is 32.2. The van der Waals surface area contributed by atoms with Gasteiger partial charge in [-0.1, -0.05) is 37.0 Å². The lowest BCUT2D eigenvalue weighted by atomic mass is 9.87. The van der Waals surface area contributed by atoms with Crippen LogP contribution in [0, 0.1) is 12.8 Å². The Hall–Kier alpha value is -1.95. The molecular weight excluding hydrogens is 346 g/mol. The minimum Gasteiger partial charge on any atom is -0.310 e. The highest BCUT2D eigenvalue weighted by Crippen LogP contribution is 2.32. The molecule has 4 rings (SSSR count). The van der Waals surface area contributed by atoms with Crippen LogP contribution < -0.4 is 5.32 Å². The molecule has 26 heavy (non-hydrogen) atoms. The zero-order chi connectivity index (χ0) is 18.1. The third kappa shape index (κ3) is 3.61. The van der Waals surface area contributed by atoms with Crippen molar-refractivity contribution in [2.45, 2.75) is 57.0 Å². The van der Waals surface area contributed by atoms with Gasteiger partial charge in [-0.3, -0.25) is 9.00 Å². The van der Waals surface area contributed by atoms with Crippen LogP contribution in [-0.4, -0.2) is 19.9 Å². The molecule has 6 heteroatoms. The maximum Gasteiger partial charge on any atom is 0.225 e. The van der Waals surface area contributed by atoms with Gasteiger partial charge in [-0.2, -0.15) is 5.10 Å².